The van der Waals surface area contributed by atoms with E-state index in [-0.39, 0.29) is 16.8 Å². The number of aromatic nitrogens is 2. The van der Waals surface area contributed by atoms with Gasteiger partial charge in [0.1, 0.15) is 4.90 Å². The van der Waals surface area contributed by atoms with Gasteiger partial charge in [-0.15, -0.1) is 0 Å². The fourth-order valence-corrected chi connectivity index (χ4v) is 5.81. The number of hydrogen-bond acceptors (Lipinski definition) is 4. The summed E-state index contributed by atoms with van der Waals surface area (Å²) in [5, 5.41) is 4.05. The first-order valence-electron chi connectivity index (χ1n) is 7.24. The molecule has 1 aromatic heterocycles. The molecule has 2 fully saturated rings. The van der Waals surface area contributed by atoms with Gasteiger partial charge in [-0.3, -0.25) is 4.68 Å². The Hall–Kier alpha value is -1.08. The lowest BCUT2D eigenvalue weighted by molar-refractivity contribution is 0.202. The van der Waals surface area contributed by atoms with E-state index in [1.807, 2.05) is 0 Å². The van der Waals surface area contributed by atoms with Crippen LogP contribution in [0.1, 0.15) is 37.8 Å². The van der Waals surface area contributed by atoms with E-state index in [2.05, 4.69) is 5.10 Å². The normalized spacial score (nSPS) is 27.7. The fourth-order valence-electron chi connectivity index (χ4n) is 3.76. The maximum absolute atomic E-state index is 13.0. The summed E-state index contributed by atoms with van der Waals surface area (Å²) < 4.78 is 29.2. The number of rotatable bonds is 2. The molecule has 2 heterocycles. The molecular formula is C13H22N4O2S. The Morgan fingerprint density at radius 1 is 1.25 bits per heavy atom. The van der Waals surface area contributed by atoms with E-state index in [1.165, 1.54) is 4.68 Å². The number of fused-ring (bicyclic) bond motifs is 1. The molecule has 1 saturated heterocycles. The molecule has 0 bridgehead atoms. The van der Waals surface area contributed by atoms with Crippen LogP contribution in [0, 0.1) is 12.8 Å². The average molecular weight is 298 g/mol. The monoisotopic (exact) mass is 298 g/mol. The highest BCUT2D eigenvalue weighted by molar-refractivity contribution is 7.89. The summed E-state index contributed by atoms with van der Waals surface area (Å²) in [5.74, 6) is 0.641. The SMILES string of the molecule is Cc1c(S(=O)(=O)N2CCCC3CCCC32)c(N)nn1C. The topological polar surface area (TPSA) is 81.2 Å². The number of anilines is 1. The van der Waals surface area contributed by atoms with Crippen molar-refractivity contribution >= 4 is 15.8 Å². The van der Waals surface area contributed by atoms with Crippen LogP contribution in [0.4, 0.5) is 5.82 Å². The zero-order valence-corrected chi connectivity index (χ0v) is 12.9. The lowest BCUT2D eigenvalue weighted by Crippen LogP contribution is -2.46. The maximum Gasteiger partial charge on any atom is 0.248 e. The second-order valence-electron chi connectivity index (χ2n) is 5.94. The molecule has 112 valence electrons. The number of nitrogens with zero attached hydrogens (tertiary/aromatic N) is 3. The molecule has 0 spiro atoms. The average Bonchev–Trinajstić information content (AvgIpc) is 2.94. The molecule has 7 heteroatoms. The zero-order valence-electron chi connectivity index (χ0n) is 12.0. The third-order valence-electron chi connectivity index (χ3n) is 4.81. The molecule has 0 radical (unpaired) electrons. The highest BCUT2D eigenvalue weighted by Crippen LogP contribution is 2.40. The zero-order chi connectivity index (χ0) is 14.5. The van der Waals surface area contributed by atoms with E-state index >= 15 is 0 Å². The fraction of sp³-hybridized carbons (Fsp3) is 0.769. The molecule has 1 aliphatic carbocycles. The van der Waals surface area contributed by atoms with Crippen LogP contribution in [0.15, 0.2) is 4.90 Å². The number of nitrogen functional groups attached to an aromatic ring is 1. The van der Waals surface area contributed by atoms with Gasteiger partial charge in [-0.05, 0) is 38.5 Å². The molecule has 1 aliphatic heterocycles. The van der Waals surface area contributed by atoms with E-state index in [4.69, 9.17) is 5.73 Å². The van der Waals surface area contributed by atoms with Gasteiger partial charge in [-0.25, -0.2) is 8.42 Å². The van der Waals surface area contributed by atoms with Crippen molar-refractivity contribution in [1.82, 2.24) is 14.1 Å². The van der Waals surface area contributed by atoms with Crippen molar-refractivity contribution in [2.24, 2.45) is 13.0 Å². The minimum atomic E-state index is -3.53. The number of aryl methyl sites for hydroxylation is 1. The Kier molecular flexibility index (Phi) is 3.29. The highest BCUT2D eigenvalue weighted by atomic mass is 32.2. The molecule has 20 heavy (non-hydrogen) atoms. The lowest BCUT2D eigenvalue weighted by atomic mass is 9.94. The second kappa shape index (κ2) is 4.73. The first kappa shape index (κ1) is 13.9. The summed E-state index contributed by atoms with van der Waals surface area (Å²) in [6.07, 6.45) is 5.35. The van der Waals surface area contributed by atoms with Crippen LogP contribution in [0.3, 0.4) is 0 Å². The van der Waals surface area contributed by atoms with Crippen molar-refractivity contribution < 1.29 is 8.42 Å². The van der Waals surface area contributed by atoms with Crippen LogP contribution < -0.4 is 5.73 Å². The molecule has 1 aromatic rings. The van der Waals surface area contributed by atoms with Crippen molar-refractivity contribution in [3.63, 3.8) is 0 Å². The van der Waals surface area contributed by atoms with E-state index in [9.17, 15) is 8.42 Å². The van der Waals surface area contributed by atoms with Gasteiger partial charge in [0.25, 0.3) is 0 Å². The Labute approximate surface area is 120 Å². The van der Waals surface area contributed by atoms with Crippen LogP contribution >= 0.6 is 0 Å². The van der Waals surface area contributed by atoms with Gasteiger partial charge in [-0.2, -0.15) is 9.40 Å². The second-order valence-corrected chi connectivity index (χ2v) is 7.77. The molecule has 2 N–H and O–H groups in total. The van der Waals surface area contributed by atoms with Crippen molar-refractivity contribution in [3.8, 4) is 0 Å². The van der Waals surface area contributed by atoms with Gasteiger partial charge in [0.2, 0.25) is 10.0 Å². The first-order valence-corrected chi connectivity index (χ1v) is 8.68. The summed E-state index contributed by atoms with van der Waals surface area (Å²) in [6, 6.07) is 0.160. The van der Waals surface area contributed by atoms with Crippen LogP contribution in [0.5, 0.6) is 0 Å². The molecule has 0 amide bonds. The molecular weight excluding hydrogens is 276 g/mol. The molecule has 2 aliphatic rings. The standard InChI is InChI=1S/C13H22N4O2S/c1-9-12(13(14)15-16(9)2)20(18,19)17-8-4-6-10-5-3-7-11(10)17/h10-11H,3-8H2,1-2H3,(H2,14,15). The quantitative estimate of drug-likeness (QED) is 0.891. The molecule has 2 unspecified atom stereocenters. The summed E-state index contributed by atoms with van der Waals surface area (Å²) in [5.41, 5.74) is 6.45. The number of hydrogen-bond donors (Lipinski definition) is 1. The Morgan fingerprint density at radius 2 is 1.95 bits per heavy atom. The highest BCUT2D eigenvalue weighted by Gasteiger charge is 2.43. The molecule has 1 saturated carbocycles. The lowest BCUT2D eigenvalue weighted by Gasteiger charge is -2.36. The number of nitrogens with two attached hydrogens (primary N) is 1. The van der Waals surface area contributed by atoms with Gasteiger partial charge >= 0.3 is 0 Å². The van der Waals surface area contributed by atoms with Gasteiger partial charge in [0, 0.05) is 19.6 Å². The van der Waals surface area contributed by atoms with E-state index in [0.29, 0.717) is 18.2 Å². The molecule has 3 rings (SSSR count). The predicted molar refractivity (Wildman–Crippen MR) is 76.6 cm³/mol. The van der Waals surface area contributed by atoms with Crippen LogP contribution in [0.2, 0.25) is 0 Å². The maximum atomic E-state index is 13.0. The van der Waals surface area contributed by atoms with Crippen molar-refractivity contribution in [3.05, 3.63) is 5.69 Å². The largest absolute Gasteiger partial charge is 0.381 e. The smallest absolute Gasteiger partial charge is 0.248 e. The minimum absolute atomic E-state index is 0.116. The van der Waals surface area contributed by atoms with Gasteiger partial charge in [0.15, 0.2) is 5.82 Å². The molecule has 0 aromatic carbocycles. The Balaban J connectivity index is 2.03. The van der Waals surface area contributed by atoms with Crippen LogP contribution in [0.25, 0.3) is 0 Å². The van der Waals surface area contributed by atoms with Gasteiger partial charge in [-0.1, -0.05) is 6.42 Å². The van der Waals surface area contributed by atoms with Crippen LogP contribution in [-0.4, -0.2) is 35.1 Å². The van der Waals surface area contributed by atoms with Crippen molar-refractivity contribution in [1.29, 1.82) is 0 Å². The molecule has 2 atom stereocenters. The first-order chi connectivity index (χ1) is 9.43. The molecule has 6 nitrogen and oxygen atoms in total. The third-order valence-corrected chi connectivity index (χ3v) is 6.90. The van der Waals surface area contributed by atoms with Gasteiger partial charge < -0.3 is 5.73 Å². The Morgan fingerprint density at radius 3 is 2.60 bits per heavy atom. The summed E-state index contributed by atoms with van der Waals surface area (Å²) in [7, 11) is -1.81. The third kappa shape index (κ3) is 1.95. The summed E-state index contributed by atoms with van der Waals surface area (Å²) >= 11 is 0. The Bertz CT molecular complexity index is 623. The van der Waals surface area contributed by atoms with Crippen molar-refractivity contribution in [2.75, 3.05) is 12.3 Å². The van der Waals surface area contributed by atoms with E-state index in [0.717, 1.165) is 32.1 Å². The van der Waals surface area contributed by atoms with Crippen LogP contribution in [-0.2, 0) is 17.1 Å². The summed E-state index contributed by atoms with van der Waals surface area (Å²) in [4.78, 5) is 0.201. The minimum Gasteiger partial charge on any atom is -0.381 e. The number of sulfonamides is 1. The van der Waals surface area contributed by atoms with Gasteiger partial charge in [0.05, 0.1) is 5.69 Å². The van der Waals surface area contributed by atoms with E-state index in [1.54, 1.807) is 18.3 Å². The predicted octanol–water partition coefficient (Wildman–Crippen LogP) is 1.26. The summed E-state index contributed by atoms with van der Waals surface area (Å²) in [6.45, 7) is 2.36. The van der Waals surface area contributed by atoms with Crippen molar-refractivity contribution in [2.45, 2.75) is 50.0 Å². The number of piperidine rings is 1. The van der Waals surface area contributed by atoms with E-state index < -0.39 is 10.0 Å².